The second kappa shape index (κ2) is 5.71. The molecular formula is C14H15BrF2N2O2. The van der Waals surface area contributed by atoms with Gasteiger partial charge in [0.05, 0.1) is 17.6 Å². The third-order valence-electron chi connectivity index (χ3n) is 3.70. The van der Waals surface area contributed by atoms with Gasteiger partial charge in [-0.05, 0) is 41.4 Å². The van der Waals surface area contributed by atoms with Crippen LogP contribution in [0.4, 0.5) is 8.78 Å². The Kier molecular flexibility index (Phi) is 4.32. The molecule has 114 valence electrons. The monoisotopic (exact) mass is 360 g/mol. The summed E-state index contributed by atoms with van der Waals surface area (Å²) in [7, 11) is 0. The molecule has 1 N–H and O–H groups in total. The number of hydrogen-bond acceptors (Lipinski definition) is 2. The summed E-state index contributed by atoms with van der Waals surface area (Å²) in [5.41, 5.74) is -1.26. The van der Waals surface area contributed by atoms with Crippen molar-refractivity contribution in [3.63, 3.8) is 0 Å². The highest BCUT2D eigenvalue weighted by Gasteiger charge is 2.41. The van der Waals surface area contributed by atoms with E-state index in [1.807, 2.05) is 0 Å². The standard InChI is InChI=1S/C14H15BrF2N2O2/c1-3-14(2)13(21)19(7-11(20)18-14)6-8-10(16)5-4-9(15)12(8)17/h4-5H,3,6-7H2,1-2H3,(H,18,20). The van der Waals surface area contributed by atoms with Crippen LogP contribution >= 0.6 is 15.9 Å². The summed E-state index contributed by atoms with van der Waals surface area (Å²) < 4.78 is 27.9. The Morgan fingerprint density at radius 1 is 1.38 bits per heavy atom. The van der Waals surface area contributed by atoms with Gasteiger partial charge in [-0.3, -0.25) is 9.59 Å². The van der Waals surface area contributed by atoms with Crippen molar-refractivity contribution >= 4 is 27.7 Å². The van der Waals surface area contributed by atoms with Crippen LogP contribution in [0.3, 0.4) is 0 Å². The van der Waals surface area contributed by atoms with Gasteiger partial charge in [0.2, 0.25) is 11.8 Å². The van der Waals surface area contributed by atoms with Gasteiger partial charge in [-0.15, -0.1) is 0 Å². The molecule has 0 bridgehead atoms. The highest BCUT2D eigenvalue weighted by molar-refractivity contribution is 9.10. The molecule has 1 fully saturated rings. The number of nitrogens with one attached hydrogen (secondary N) is 1. The summed E-state index contributed by atoms with van der Waals surface area (Å²) in [5.74, 6) is -2.18. The van der Waals surface area contributed by atoms with E-state index in [1.165, 1.54) is 11.0 Å². The van der Waals surface area contributed by atoms with E-state index in [-0.39, 0.29) is 34.9 Å². The Labute approximate surface area is 129 Å². The topological polar surface area (TPSA) is 49.4 Å². The maximum Gasteiger partial charge on any atom is 0.248 e. The molecule has 1 heterocycles. The molecule has 1 unspecified atom stereocenters. The Bertz CT molecular complexity index is 609. The first-order valence-corrected chi connectivity index (χ1v) is 7.30. The highest BCUT2D eigenvalue weighted by Crippen LogP contribution is 2.25. The van der Waals surface area contributed by atoms with Crippen LogP contribution in [-0.2, 0) is 16.1 Å². The minimum absolute atomic E-state index is 0.117. The van der Waals surface area contributed by atoms with Crippen LogP contribution in [0.25, 0.3) is 0 Å². The first kappa shape index (κ1) is 15.9. The van der Waals surface area contributed by atoms with Crippen molar-refractivity contribution in [3.8, 4) is 0 Å². The molecule has 0 radical (unpaired) electrons. The number of rotatable bonds is 3. The van der Waals surface area contributed by atoms with Crippen LogP contribution in [0.5, 0.6) is 0 Å². The maximum atomic E-state index is 14.0. The van der Waals surface area contributed by atoms with Gasteiger partial charge in [-0.1, -0.05) is 6.92 Å². The van der Waals surface area contributed by atoms with Gasteiger partial charge >= 0.3 is 0 Å². The van der Waals surface area contributed by atoms with E-state index >= 15 is 0 Å². The summed E-state index contributed by atoms with van der Waals surface area (Å²) >= 11 is 2.98. The number of amides is 2. The highest BCUT2D eigenvalue weighted by atomic mass is 79.9. The number of nitrogens with zero attached hydrogens (tertiary/aromatic N) is 1. The van der Waals surface area contributed by atoms with E-state index in [9.17, 15) is 18.4 Å². The predicted molar refractivity (Wildman–Crippen MR) is 76.3 cm³/mol. The fraction of sp³-hybridized carbons (Fsp3) is 0.429. The zero-order valence-electron chi connectivity index (χ0n) is 11.7. The quantitative estimate of drug-likeness (QED) is 0.841. The van der Waals surface area contributed by atoms with Crippen molar-refractivity contribution in [2.45, 2.75) is 32.4 Å². The van der Waals surface area contributed by atoms with Crippen molar-refractivity contribution < 1.29 is 18.4 Å². The zero-order valence-corrected chi connectivity index (χ0v) is 13.3. The number of benzene rings is 1. The van der Waals surface area contributed by atoms with E-state index in [0.29, 0.717) is 6.42 Å². The van der Waals surface area contributed by atoms with Crippen molar-refractivity contribution in [2.75, 3.05) is 6.54 Å². The largest absolute Gasteiger partial charge is 0.340 e. The summed E-state index contributed by atoms with van der Waals surface area (Å²) in [6.07, 6.45) is 0.400. The molecule has 1 saturated heterocycles. The molecule has 1 aliphatic heterocycles. The lowest BCUT2D eigenvalue weighted by Crippen LogP contribution is -2.64. The van der Waals surface area contributed by atoms with Crippen molar-refractivity contribution in [2.24, 2.45) is 0 Å². The lowest BCUT2D eigenvalue weighted by atomic mass is 9.94. The molecule has 1 aliphatic rings. The third-order valence-corrected chi connectivity index (χ3v) is 4.32. The Hall–Kier alpha value is -1.50. The molecule has 1 aromatic rings. The maximum absolute atomic E-state index is 14.0. The molecule has 7 heteroatoms. The summed E-state index contributed by atoms with van der Waals surface area (Å²) in [6.45, 7) is 2.88. The van der Waals surface area contributed by atoms with Crippen LogP contribution < -0.4 is 5.32 Å². The van der Waals surface area contributed by atoms with Gasteiger partial charge in [0.1, 0.15) is 17.2 Å². The first-order chi connectivity index (χ1) is 9.78. The van der Waals surface area contributed by atoms with Crippen LogP contribution in [0, 0.1) is 11.6 Å². The third kappa shape index (κ3) is 2.92. The van der Waals surface area contributed by atoms with Crippen LogP contribution in [0.15, 0.2) is 16.6 Å². The van der Waals surface area contributed by atoms with E-state index < -0.39 is 17.2 Å². The summed E-state index contributed by atoms with van der Waals surface area (Å²) in [4.78, 5) is 25.3. The van der Waals surface area contributed by atoms with Gasteiger partial charge in [0.15, 0.2) is 0 Å². The molecular weight excluding hydrogens is 346 g/mol. The molecule has 21 heavy (non-hydrogen) atoms. The molecule has 2 rings (SSSR count). The van der Waals surface area contributed by atoms with E-state index in [2.05, 4.69) is 21.2 Å². The Balaban J connectivity index is 2.33. The van der Waals surface area contributed by atoms with Gasteiger partial charge < -0.3 is 10.2 Å². The van der Waals surface area contributed by atoms with Crippen molar-refractivity contribution in [3.05, 3.63) is 33.8 Å². The lowest BCUT2D eigenvalue weighted by Gasteiger charge is -2.39. The summed E-state index contributed by atoms with van der Waals surface area (Å²) in [5, 5.41) is 2.62. The van der Waals surface area contributed by atoms with Crippen molar-refractivity contribution in [1.29, 1.82) is 0 Å². The Morgan fingerprint density at radius 2 is 2.05 bits per heavy atom. The molecule has 1 aromatic carbocycles. The number of carbonyl (C=O) groups excluding carboxylic acids is 2. The number of carbonyl (C=O) groups is 2. The average Bonchev–Trinajstić information content (AvgIpc) is 2.44. The smallest absolute Gasteiger partial charge is 0.248 e. The van der Waals surface area contributed by atoms with Gasteiger partial charge in [0, 0.05) is 5.56 Å². The molecule has 4 nitrogen and oxygen atoms in total. The number of hydrogen-bond donors (Lipinski definition) is 1. The molecule has 0 aromatic heterocycles. The zero-order chi connectivity index (χ0) is 15.8. The lowest BCUT2D eigenvalue weighted by molar-refractivity contribution is -0.150. The van der Waals surface area contributed by atoms with E-state index in [0.717, 1.165) is 6.07 Å². The van der Waals surface area contributed by atoms with Crippen molar-refractivity contribution in [1.82, 2.24) is 10.2 Å². The fourth-order valence-electron chi connectivity index (χ4n) is 2.27. The summed E-state index contributed by atoms with van der Waals surface area (Å²) in [6, 6.07) is 2.38. The fourth-order valence-corrected chi connectivity index (χ4v) is 2.64. The van der Waals surface area contributed by atoms with E-state index in [1.54, 1.807) is 13.8 Å². The number of halogens is 3. The van der Waals surface area contributed by atoms with Gasteiger partial charge in [0.25, 0.3) is 0 Å². The average molecular weight is 361 g/mol. The van der Waals surface area contributed by atoms with Crippen LogP contribution in [0.1, 0.15) is 25.8 Å². The van der Waals surface area contributed by atoms with Gasteiger partial charge in [-0.25, -0.2) is 8.78 Å². The second-order valence-electron chi connectivity index (χ2n) is 5.22. The molecule has 1 atom stereocenters. The van der Waals surface area contributed by atoms with Crippen LogP contribution in [-0.4, -0.2) is 28.8 Å². The van der Waals surface area contributed by atoms with E-state index in [4.69, 9.17) is 0 Å². The first-order valence-electron chi connectivity index (χ1n) is 6.51. The predicted octanol–water partition coefficient (Wildman–Crippen LogP) is 2.35. The minimum Gasteiger partial charge on any atom is -0.340 e. The number of piperazine rings is 1. The molecule has 0 aliphatic carbocycles. The van der Waals surface area contributed by atoms with Gasteiger partial charge in [-0.2, -0.15) is 0 Å². The SMILES string of the molecule is CCC1(C)NC(=O)CN(Cc2c(F)ccc(Br)c2F)C1=O. The normalized spacial score (nSPS) is 22.4. The van der Waals surface area contributed by atoms with Crippen LogP contribution in [0.2, 0.25) is 0 Å². The minimum atomic E-state index is -1.03. The molecule has 0 saturated carbocycles. The Morgan fingerprint density at radius 3 is 2.67 bits per heavy atom. The second-order valence-corrected chi connectivity index (χ2v) is 6.07. The molecule has 0 spiro atoms. The molecule has 2 amide bonds.